The highest BCUT2D eigenvalue weighted by molar-refractivity contribution is 9.10. The fraction of sp³-hybridized carbons (Fsp3) is 0.625. The van der Waals surface area contributed by atoms with Gasteiger partial charge in [0.1, 0.15) is 0 Å². The maximum Gasteiger partial charge on any atom is 0.0250 e. The molecule has 0 heterocycles. The van der Waals surface area contributed by atoms with Gasteiger partial charge in [-0.1, -0.05) is 35.7 Å². The van der Waals surface area contributed by atoms with Crippen molar-refractivity contribution in [3.05, 3.63) is 28.7 Å². The third kappa shape index (κ3) is 4.51. The first-order valence-corrected chi connectivity index (χ1v) is 8.99. The summed E-state index contributed by atoms with van der Waals surface area (Å²) in [6.07, 6.45) is 6.81. The Morgan fingerprint density at radius 1 is 1.26 bits per heavy atom. The number of nitrogens with one attached hydrogen (secondary N) is 1. The van der Waals surface area contributed by atoms with Gasteiger partial charge in [-0.15, -0.1) is 11.8 Å². The first kappa shape index (κ1) is 15.4. The second kappa shape index (κ2) is 7.70. The molecule has 19 heavy (non-hydrogen) atoms. The molecule has 0 radical (unpaired) electrons. The molecule has 3 heteroatoms. The van der Waals surface area contributed by atoms with Crippen LogP contribution in [-0.2, 0) is 0 Å². The molecule has 0 amide bonds. The van der Waals surface area contributed by atoms with Crippen LogP contribution in [0.15, 0.2) is 33.6 Å². The topological polar surface area (TPSA) is 12.0 Å². The molecule has 1 fully saturated rings. The van der Waals surface area contributed by atoms with Crippen LogP contribution in [0.5, 0.6) is 0 Å². The summed E-state index contributed by atoms with van der Waals surface area (Å²) in [6, 6.07) is 9.41. The lowest BCUT2D eigenvalue weighted by Crippen LogP contribution is -2.40. The van der Waals surface area contributed by atoms with Crippen molar-refractivity contribution >= 4 is 27.7 Å². The average molecular weight is 342 g/mol. The van der Waals surface area contributed by atoms with Crippen molar-refractivity contribution in [2.24, 2.45) is 5.92 Å². The van der Waals surface area contributed by atoms with E-state index in [1.807, 2.05) is 0 Å². The van der Waals surface area contributed by atoms with Gasteiger partial charge in [-0.05, 0) is 56.5 Å². The second-order valence-corrected chi connectivity index (χ2v) is 7.70. The van der Waals surface area contributed by atoms with E-state index in [4.69, 9.17) is 0 Å². The molecule has 1 aliphatic carbocycles. The lowest BCUT2D eigenvalue weighted by Gasteiger charge is -2.35. The molecule has 1 aromatic carbocycles. The highest BCUT2D eigenvalue weighted by atomic mass is 79.9. The van der Waals surface area contributed by atoms with Gasteiger partial charge < -0.3 is 5.32 Å². The summed E-state index contributed by atoms with van der Waals surface area (Å²) in [5, 5.41) is 4.24. The quantitative estimate of drug-likeness (QED) is 0.799. The van der Waals surface area contributed by atoms with Crippen LogP contribution in [0.3, 0.4) is 0 Å². The van der Waals surface area contributed by atoms with E-state index in [0.29, 0.717) is 6.04 Å². The van der Waals surface area contributed by atoms with Gasteiger partial charge in [0.25, 0.3) is 0 Å². The summed E-state index contributed by atoms with van der Waals surface area (Å²) in [6.45, 7) is 2.31. The molecule has 1 aromatic rings. The summed E-state index contributed by atoms with van der Waals surface area (Å²) >= 11 is 5.56. The Bertz CT molecular complexity index is 379. The van der Waals surface area contributed by atoms with Crippen LogP contribution in [0.25, 0.3) is 0 Å². The van der Waals surface area contributed by atoms with Crippen molar-refractivity contribution < 1.29 is 0 Å². The van der Waals surface area contributed by atoms with E-state index in [1.54, 1.807) is 0 Å². The molecule has 0 spiro atoms. The maximum atomic E-state index is 3.52. The van der Waals surface area contributed by atoms with Gasteiger partial charge in [-0.3, -0.25) is 0 Å². The third-order valence-electron chi connectivity index (χ3n) is 4.07. The summed E-state index contributed by atoms with van der Waals surface area (Å²) in [7, 11) is 2.11. The van der Waals surface area contributed by atoms with Crippen molar-refractivity contribution in [2.75, 3.05) is 7.05 Å². The number of rotatable bonds is 5. The van der Waals surface area contributed by atoms with E-state index in [9.17, 15) is 0 Å². The minimum absolute atomic E-state index is 0.668. The van der Waals surface area contributed by atoms with Gasteiger partial charge in [0.2, 0.25) is 0 Å². The van der Waals surface area contributed by atoms with Crippen molar-refractivity contribution in [3.63, 3.8) is 0 Å². The molecule has 1 saturated carbocycles. The molecule has 0 bridgehead atoms. The predicted octanol–water partition coefficient (Wildman–Crippen LogP) is 5.10. The zero-order valence-corrected chi connectivity index (χ0v) is 14.3. The zero-order chi connectivity index (χ0) is 13.7. The Hall–Kier alpha value is 0.01000. The van der Waals surface area contributed by atoms with Crippen LogP contribution in [0, 0.1) is 5.92 Å². The minimum Gasteiger partial charge on any atom is -0.316 e. The van der Waals surface area contributed by atoms with Gasteiger partial charge in [-0.25, -0.2) is 0 Å². The van der Waals surface area contributed by atoms with Gasteiger partial charge in [0, 0.05) is 20.7 Å². The first-order valence-electron chi connectivity index (χ1n) is 7.32. The molecule has 0 aliphatic heterocycles. The number of thioether (sulfide) groups is 1. The first-order chi connectivity index (χ1) is 9.22. The van der Waals surface area contributed by atoms with Crippen molar-refractivity contribution in [1.29, 1.82) is 0 Å². The van der Waals surface area contributed by atoms with Gasteiger partial charge >= 0.3 is 0 Å². The molecule has 1 aliphatic rings. The predicted molar refractivity (Wildman–Crippen MR) is 88.9 cm³/mol. The molecule has 106 valence electrons. The normalized spacial score (nSPS) is 27.4. The molecule has 0 saturated heterocycles. The third-order valence-corrected chi connectivity index (χ3v) is 5.97. The molecule has 1 nitrogen and oxygen atoms in total. The lowest BCUT2D eigenvalue weighted by atomic mass is 9.83. The van der Waals surface area contributed by atoms with Crippen LogP contribution in [0.1, 0.15) is 39.0 Å². The lowest BCUT2D eigenvalue weighted by molar-refractivity contribution is 0.295. The van der Waals surface area contributed by atoms with Crippen LogP contribution in [0.4, 0.5) is 0 Å². The smallest absolute Gasteiger partial charge is 0.0250 e. The summed E-state index contributed by atoms with van der Waals surface area (Å²) < 4.78 is 1.16. The molecule has 2 rings (SSSR count). The van der Waals surface area contributed by atoms with E-state index >= 15 is 0 Å². The number of hydrogen-bond acceptors (Lipinski definition) is 2. The maximum absolute atomic E-state index is 3.52. The Morgan fingerprint density at radius 2 is 2.00 bits per heavy atom. The Kier molecular flexibility index (Phi) is 6.24. The van der Waals surface area contributed by atoms with E-state index in [1.165, 1.54) is 37.0 Å². The molecular formula is C16H24BrNS. The minimum atomic E-state index is 0.668. The second-order valence-electron chi connectivity index (χ2n) is 5.47. The molecule has 3 atom stereocenters. The summed E-state index contributed by atoms with van der Waals surface area (Å²) in [5.74, 6) is 0.933. The van der Waals surface area contributed by atoms with E-state index in [-0.39, 0.29) is 0 Å². The molecule has 3 unspecified atom stereocenters. The Labute approximate surface area is 130 Å². The zero-order valence-electron chi connectivity index (χ0n) is 11.9. The Morgan fingerprint density at radius 3 is 2.63 bits per heavy atom. The average Bonchev–Trinajstić information content (AvgIpc) is 2.42. The fourth-order valence-electron chi connectivity index (χ4n) is 3.03. The SMILES string of the molecule is CCCC1CCC(NC)C(Sc2ccc(Br)cc2)C1. The van der Waals surface area contributed by atoms with Crippen molar-refractivity contribution in [1.82, 2.24) is 5.32 Å². The van der Waals surface area contributed by atoms with Crippen LogP contribution in [0.2, 0.25) is 0 Å². The van der Waals surface area contributed by atoms with Crippen LogP contribution < -0.4 is 5.32 Å². The van der Waals surface area contributed by atoms with E-state index in [0.717, 1.165) is 15.6 Å². The van der Waals surface area contributed by atoms with Crippen LogP contribution >= 0.6 is 27.7 Å². The van der Waals surface area contributed by atoms with Crippen molar-refractivity contribution in [3.8, 4) is 0 Å². The van der Waals surface area contributed by atoms with E-state index in [2.05, 4.69) is 71.2 Å². The summed E-state index contributed by atoms with van der Waals surface area (Å²) in [4.78, 5) is 1.39. The van der Waals surface area contributed by atoms with Gasteiger partial charge in [-0.2, -0.15) is 0 Å². The van der Waals surface area contributed by atoms with E-state index < -0.39 is 0 Å². The number of hydrogen-bond donors (Lipinski definition) is 1. The highest BCUT2D eigenvalue weighted by Gasteiger charge is 2.29. The molecular weight excluding hydrogens is 318 g/mol. The summed E-state index contributed by atoms with van der Waals surface area (Å²) in [5.41, 5.74) is 0. The number of benzene rings is 1. The fourth-order valence-corrected chi connectivity index (χ4v) is 4.74. The monoisotopic (exact) mass is 341 g/mol. The largest absolute Gasteiger partial charge is 0.316 e. The van der Waals surface area contributed by atoms with Crippen LogP contribution in [-0.4, -0.2) is 18.3 Å². The van der Waals surface area contributed by atoms with Crippen molar-refractivity contribution in [2.45, 2.75) is 55.2 Å². The van der Waals surface area contributed by atoms with Gasteiger partial charge in [0.05, 0.1) is 0 Å². The Balaban J connectivity index is 1.99. The van der Waals surface area contributed by atoms with Gasteiger partial charge in [0.15, 0.2) is 0 Å². The molecule has 1 N–H and O–H groups in total. The number of halogens is 1. The highest BCUT2D eigenvalue weighted by Crippen LogP contribution is 2.38. The standard InChI is InChI=1S/C16H24BrNS/c1-3-4-12-5-10-15(18-2)16(11-12)19-14-8-6-13(17)7-9-14/h6-9,12,15-16,18H,3-5,10-11H2,1-2H3. The molecule has 0 aromatic heterocycles.